The van der Waals surface area contributed by atoms with Crippen LogP contribution in [0.25, 0.3) is 0 Å². The van der Waals surface area contributed by atoms with Crippen LogP contribution in [0.3, 0.4) is 0 Å². The number of anilines is 1. The summed E-state index contributed by atoms with van der Waals surface area (Å²) < 4.78 is 32.8. The van der Waals surface area contributed by atoms with Crippen molar-refractivity contribution >= 4 is 21.6 Å². The van der Waals surface area contributed by atoms with E-state index in [0.29, 0.717) is 24.4 Å². The first-order valence-electron chi connectivity index (χ1n) is 7.16. The van der Waals surface area contributed by atoms with Gasteiger partial charge in [-0.1, -0.05) is 0 Å². The van der Waals surface area contributed by atoms with Crippen LogP contribution in [0.15, 0.2) is 23.1 Å². The number of rotatable bonds is 4. The second-order valence-corrected chi connectivity index (χ2v) is 8.02. The van der Waals surface area contributed by atoms with Crippen LogP contribution in [-0.4, -0.2) is 33.5 Å². The van der Waals surface area contributed by atoms with Crippen LogP contribution in [-0.2, 0) is 14.8 Å². The van der Waals surface area contributed by atoms with Crippen LogP contribution < -0.4 is 14.4 Å². The smallest absolute Gasteiger partial charge is 0.241 e. The SMILES string of the molecule is COc1ccc(S(=O)(=O)NC(C)(C)C)cc1N1CCCC1=O. The Balaban J connectivity index is 2.45. The van der Waals surface area contributed by atoms with Gasteiger partial charge in [0.1, 0.15) is 5.75 Å². The maximum absolute atomic E-state index is 12.4. The average molecular weight is 326 g/mol. The van der Waals surface area contributed by atoms with Gasteiger partial charge in [0.15, 0.2) is 0 Å². The molecule has 122 valence electrons. The molecule has 0 unspecified atom stereocenters. The van der Waals surface area contributed by atoms with Crippen molar-refractivity contribution < 1.29 is 17.9 Å². The summed E-state index contributed by atoms with van der Waals surface area (Å²) in [6.45, 7) is 5.91. The molecule has 1 aromatic carbocycles. The van der Waals surface area contributed by atoms with E-state index < -0.39 is 15.6 Å². The van der Waals surface area contributed by atoms with Gasteiger partial charge in [0.05, 0.1) is 17.7 Å². The fourth-order valence-electron chi connectivity index (χ4n) is 2.41. The molecule has 1 amide bonds. The number of ether oxygens (including phenoxy) is 1. The molecule has 0 atom stereocenters. The molecule has 1 fully saturated rings. The van der Waals surface area contributed by atoms with Gasteiger partial charge in [0.25, 0.3) is 0 Å². The zero-order chi connectivity index (χ0) is 16.5. The molecule has 0 bridgehead atoms. The molecule has 1 saturated heterocycles. The molecule has 1 aliphatic rings. The first kappa shape index (κ1) is 16.8. The first-order chi connectivity index (χ1) is 10.1. The van der Waals surface area contributed by atoms with Crippen molar-refractivity contribution in [2.75, 3.05) is 18.6 Å². The highest BCUT2D eigenvalue weighted by atomic mass is 32.2. The van der Waals surface area contributed by atoms with Gasteiger partial charge in [-0.05, 0) is 45.4 Å². The molecule has 22 heavy (non-hydrogen) atoms. The normalized spacial score (nSPS) is 16.2. The predicted molar refractivity (Wildman–Crippen MR) is 84.7 cm³/mol. The molecule has 0 aliphatic carbocycles. The van der Waals surface area contributed by atoms with Crippen molar-refractivity contribution in [1.82, 2.24) is 4.72 Å². The van der Waals surface area contributed by atoms with E-state index >= 15 is 0 Å². The molecular formula is C15H22N2O4S. The third kappa shape index (κ3) is 3.59. The number of hydrogen-bond acceptors (Lipinski definition) is 4. The maximum Gasteiger partial charge on any atom is 0.241 e. The molecule has 0 radical (unpaired) electrons. The summed E-state index contributed by atoms with van der Waals surface area (Å²) in [5.41, 5.74) is -0.0793. The second kappa shape index (κ2) is 5.89. The minimum Gasteiger partial charge on any atom is -0.495 e. The lowest BCUT2D eigenvalue weighted by Gasteiger charge is -2.23. The van der Waals surface area contributed by atoms with Gasteiger partial charge in [-0.15, -0.1) is 0 Å². The Morgan fingerprint density at radius 3 is 2.45 bits per heavy atom. The minimum atomic E-state index is -3.66. The summed E-state index contributed by atoms with van der Waals surface area (Å²) in [5.74, 6) is 0.474. The fraction of sp³-hybridized carbons (Fsp3) is 0.533. The largest absolute Gasteiger partial charge is 0.495 e. The van der Waals surface area contributed by atoms with E-state index in [9.17, 15) is 13.2 Å². The Hall–Kier alpha value is -1.60. The molecule has 1 heterocycles. The fourth-order valence-corrected chi connectivity index (χ4v) is 3.85. The van der Waals surface area contributed by atoms with E-state index in [1.165, 1.54) is 19.2 Å². The van der Waals surface area contributed by atoms with Gasteiger partial charge >= 0.3 is 0 Å². The Morgan fingerprint density at radius 1 is 1.27 bits per heavy atom. The van der Waals surface area contributed by atoms with Gasteiger partial charge in [0.2, 0.25) is 15.9 Å². The topological polar surface area (TPSA) is 75.7 Å². The van der Waals surface area contributed by atoms with Gasteiger partial charge in [-0.2, -0.15) is 0 Å². The second-order valence-electron chi connectivity index (χ2n) is 6.34. The van der Waals surface area contributed by atoms with Crippen LogP contribution in [0.4, 0.5) is 5.69 Å². The molecule has 0 saturated carbocycles. The summed E-state index contributed by atoms with van der Waals surface area (Å²) in [6, 6.07) is 4.56. The van der Waals surface area contributed by atoms with Crippen molar-refractivity contribution in [2.24, 2.45) is 0 Å². The van der Waals surface area contributed by atoms with Crippen molar-refractivity contribution in [3.8, 4) is 5.75 Å². The quantitative estimate of drug-likeness (QED) is 0.917. The van der Waals surface area contributed by atoms with E-state index in [1.807, 2.05) is 0 Å². The standard InChI is InChI=1S/C15H22N2O4S/c1-15(2,3)16-22(19,20)11-7-8-13(21-4)12(10-11)17-9-5-6-14(17)18/h7-8,10,16H,5-6,9H2,1-4H3. The summed E-state index contributed by atoms with van der Waals surface area (Å²) >= 11 is 0. The summed E-state index contributed by atoms with van der Waals surface area (Å²) in [6.07, 6.45) is 1.24. The van der Waals surface area contributed by atoms with Crippen LogP contribution in [0.5, 0.6) is 5.75 Å². The predicted octanol–water partition coefficient (Wildman–Crippen LogP) is 1.90. The number of hydrogen-bond donors (Lipinski definition) is 1. The third-order valence-electron chi connectivity index (χ3n) is 3.27. The zero-order valence-electron chi connectivity index (χ0n) is 13.3. The number of nitrogens with zero attached hydrogens (tertiary/aromatic N) is 1. The van der Waals surface area contributed by atoms with E-state index in [1.54, 1.807) is 31.7 Å². The molecule has 1 aromatic rings. The molecule has 0 spiro atoms. The average Bonchev–Trinajstić information content (AvgIpc) is 2.81. The van der Waals surface area contributed by atoms with E-state index in [4.69, 9.17) is 4.74 Å². The van der Waals surface area contributed by atoms with Gasteiger partial charge in [0, 0.05) is 18.5 Å². The molecular weight excluding hydrogens is 304 g/mol. The molecule has 1 N–H and O–H groups in total. The Kier molecular flexibility index (Phi) is 4.49. The Bertz CT molecular complexity index is 677. The number of nitrogens with one attached hydrogen (secondary N) is 1. The lowest BCUT2D eigenvalue weighted by molar-refractivity contribution is -0.117. The first-order valence-corrected chi connectivity index (χ1v) is 8.65. The molecule has 0 aromatic heterocycles. The van der Waals surface area contributed by atoms with Gasteiger partial charge < -0.3 is 9.64 Å². The van der Waals surface area contributed by atoms with E-state index in [2.05, 4.69) is 4.72 Å². The lowest BCUT2D eigenvalue weighted by Crippen LogP contribution is -2.40. The third-order valence-corrected chi connectivity index (χ3v) is 5.02. The van der Waals surface area contributed by atoms with Gasteiger partial charge in [-0.3, -0.25) is 4.79 Å². The summed E-state index contributed by atoms with van der Waals surface area (Å²) in [7, 11) is -2.16. The number of amides is 1. The van der Waals surface area contributed by atoms with Crippen molar-refractivity contribution in [3.05, 3.63) is 18.2 Å². The van der Waals surface area contributed by atoms with Crippen LogP contribution in [0.1, 0.15) is 33.6 Å². The minimum absolute atomic E-state index is 0.0170. The monoisotopic (exact) mass is 326 g/mol. The highest BCUT2D eigenvalue weighted by Crippen LogP contribution is 2.33. The zero-order valence-corrected chi connectivity index (χ0v) is 14.2. The highest BCUT2D eigenvalue weighted by Gasteiger charge is 2.28. The number of benzene rings is 1. The molecule has 7 heteroatoms. The summed E-state index contributed by atoms with van der Waals surface area (Å²) in [4.78, 5) is 13.6. The van der Waals surface area contributed by atoms with Gasteiger partial charge in [-0.25, -0.2) is 13.1 Å². The molecule has 2 rings (SSSR count). The number of carbonyl (C=O) groups is 1. The highest BCUT2D eigenvalue weighted by molar-refractivity contribution is 7.89. The van der Waals surface area contributed by atoms with Crippen LogP contribution >= 0.6 is 0 Å². The van der Waals surface area contributed by atoms with Crippen LogP contribution in [0, 0.1) is 0 Å². The molecule has 6 nitrogen and oxygen atoms in total. The Morgan fingerprint density at radius 2 is 1.95 bits per heavy atom. The Labute approximate surface area is 131 Å². The number of methoxy groups -OCH3 is 1. The number of carbonyl (C=O) groups excluding carboxylic acids is 1. The number of sulfonamides is 1. The van der Waals surface area contributed by atoms with Crippen LogP contribution in [0.2, 0.25) is 0 Å². The summed E-state index contributed by atoms with van der Waals surface area (Å²) in [5, 5.41) is 0. The van der Waals surface area contributed by atoms with Crippen molar-refractivity contribution in [2.45, 2.75) is 44.0 Å². The van der Waals surface area contributed by atoms with Crippen molar-refractivity contribution in [1.29, 1.82) is 0 Å². The lowest BCUT2D eigenvalue weighted by atomic mass is 10.1. The van der Waals surface area contributed by atoms with Crippen molar-refractivity contribution in [3.63, 3.8) is 0 Å². The maximum atomic E-state index is 12.4. The molecule has 1 aliphatic heterocycles. The van der Waals surface area contributed by atoms with E-state index in [-0.39, 0.29) is 10.8 Å². The van der Waals surface area contributed by atoms with E-state index in [0.717, 1.165) is 6.42 Å².